The third-order valence-electron chi connectivity index (χ3n) is 4.24. The Morgan fingerprint density at radius 2 is 1.91 bits per heavy atom. The molecule has 4 heteroatoms. The Hall–Kier alpha value is -1.88. The molecule has 23 heavy (non-hydrogen) atoms. The summed E-state index contributed by atoms with van der Waals surface area (Å²) in [6.45, 7) is 3.14. The van der Waals surface area contributed by atoms with Gasteiger partial charge in [-0.15, -0.1) is 0 Å². The second kappa shape index (κ2) is 7.59. The van der Waals surface area contributed by atoms with E-state index in [0.29, 0.717) is 6.61 Å². The fourth-order valence-corrected chi connectivity index (χ4v) is 2.92. The van der Waals surface area contributed by atoms with Crippen molar-refractivity contribution in [2.45, 2.75) is 18.8 Å². The van der Waals surface area contributed by atoms with E-state index in [1.165, 1.54) is 5.56 Å². The minimum absolute atomic E-state index is 0.208. The van der Waals surface area contributed by atoms with Gasteiger partial charge in [0.1, 0.15) is 18.0 Å². The largest absolute Gasteiger partial charge is 0.497 e. The SMILES string of the molecule is COc1ccc(C(O)C2CN(Cc3ccccc3)CCO2)cc1. The first-order chi connectivity index (χ1) is 11.3. The maximum Gasteiger partial charge on any atom is 0.118 e. The van der Waals surface area contributed by atoms with E-state index in [1.807, 2.05) is 30.3 Å². The molecule has 3 rings (SSSR count). The Bertz CT molecular complexity index is 600. The van der Waals surface area contributed by atoms with Crippen molar-refractivity contribution in [3.05, 3.63) is 65.7 Å². The molecular formula is C19H23NO3. The number of benzene rings is 2. The van der Waals surface area contributed by atoms with Crippen LogP contribution in [0.4, 0.5) is 0 Å². The molecule has 4 nitrogen and oxygen atoms in total. The number of methoxy groups -OCH3 is 1. The number of morpholine rings is 1. The van der Waals surface area contributed by atoms with Crippen LogP contribution in [0.2, 0.25) is 0 Å². The summed E-state index contributed by atoms with van der Waals surface area (Å²) in [6, 6.07) is 17.9. The van der Waals surface area contributed by atoms with E-state index in [9.17, 15) is 5.11 Å². The quantitative estimate of drug-likeness (QED) is 0.921. The first kappa shape index (κ1) is 16.0. The molecule has 2 aromatic rings. The standard InChI is InChI=1S/C19H23NO3/c1-22-17-9-7-16(8-10-17)19(21)18-14-20(11-12-23-18)13-15-5-3-2-4-6-15/h2-10,18-19,21H,11-14H2,1H3. The minimum atomic E-state index is -0.625. The van der Waals surface area contributed by atoms with Crippen LogP contribution in [0.15, 0.2) is 54.6 Å². The van der Waals surface area contributed by atoms with E-state index >= 15 is 0 Å². The van der Waals surface area contributed by atoms with Crippen LogP contribution in [0.1, 0.15) is 17.2 Å². The smallest absolute Gasteiger partial charge is 0.118 e. The molecule has 0 saturated carbocycles. The predicted octanol–water partition coefficient (Wildman–Crippen LogP) is 2.63. The van der Waals surface area contributed by atoms with Crippen LogP contribution < -0.4 is 4.74 Å². The van der Waals surface area contributed by atoms with Gasteiger partial charge in [0.25, 0.3) is 0 Å². The van der Waals surface area contributed by atoms with Gasteiger partial charge in [0, 0.05) is 19.6 Å². The highest BCUT2D eigenvalue weighted by molar-refractivity contribution is 5.29. The number of hydrogen-bond acceptors (Lipinski definition) is 4. The fraction of sp³-hybridized carbons (Fsp3) is 0.368. The van der Waals surface area contributed by atoms with Crippen molar-refractivity contribution in [2.24, 2.45) is 0 Å². The second-order valence-corrected chi connectivity index (χ2v) is 5.85. The van der Waals surface area contributed by atoms with Crippen molar-refractivity contribution in [2.75, 3.05) is 26.8 Å². The Morgan fingerprint density at radius 1 is 1.17 bits per heavy atom. The molecule has 1 heterocycles. The van der Waals surface area contributed by atoms with Crippen molar-refractivity contribution >= 4 is 0 Å². The summed E-state index contributed by atoms with van der Waals surface area (Å²) in [6.07, 6.45) is -0.833. The molecule has 1 fully saturated rings. The first-order valence-electron chi connectivity index (χ1n) is 7.96. The Morgan fingerprint density at radius 3 is 2.61 bits per heavy atom. The lowest BCUT2D eigenvalue weighted by Gasteiger charge is -2.35. The summed E-state index contributed by atoms with van der Waals surface area (Å²) < 4.78 is 11.0. The third-order valence-corrected chi connectivity index (χ3v) is 4.24. The molecule has 122 valence electrons. The zero-order chi connectivity index (χ0) is 16.1. The van der Waals surface area contributed by atoms with Crippen LogP contribution in [0, 0.1) is 0 Å². The maximum atomic E-state index is 10.6. The molecule has 2 aromatic carbocycles. The third kappa shape index (κ3) is 4.10. The highest BCUT2D eigenvalue weighted by atomic mass is 16.5. The normalized spacial score (nSPS) is 20.2. The second-order valence-electron chi connectivity index (χ2n) is 5.85. The fourth-order valence-electron chi connectivity index (χ4n) is 2.92. The van der Waals surface area contributed by atoms with E-state index in [-0.39, 0.29) is 6.10 Å². The zero-order valence-electron chi connectivity index (χ0n) is 13.4. The van der Waals surface area contributed by atoms with Crippen molar-refractivity contribution in [3.63, 3.8) is 0 Å². The van der Waals surface area contributed by atoms with E-state index in [0.717, 1.165) is 30.9 Å². The number of ether oxygens (including phenoxy) is 2. The van der Waals surface area contributed by atoms with Gasteiger partial charge < -0.3 is 14.6 Å². The van der Waals surface area contributed by atoms with Crippen molar-refractivity contribution < 1.29 is 14.6 Å². The Balaban J connectivity index is 1.62. The summed E-state index contributed by atoms with van der Waals surface area (Å²) in [5.74, 6) is 0.788. The van der Waals surface area contributed by atoms with E-state index in [1.54, 1.807) is 7.11 Å². The van der Waals surface area contributed by atoms with E-state index < -0.39 is 6.10 Å². The number of aliphatic hydroxyl groups is 1. The molecule has 1 saturated heterocycles. The van der Waals surface area contributed by atoms with Gasteiger partial charge in [0.15, 0.2) is 0 Å². The van der Waals surface area contributed by atoms with Crippen molar-refractivity contribution in [3.8, 4) is 5.75 Å². The summed E-state index contributed by atoms with van der Waals surface area (Å²) >= 11 is 0. The number of nitrogens with zero attached hydrogens (tertiary/aromatic N) is 1. The van der Waals surface area contributed by atoms with Crippen molar-refractivity contribution in [1.29, 1.82) is 0 Å². The molecular weight excluding hydrogens is 290 g/mol. The first-order valence-corrected chi connectivity index (χ1v) is 7.96. The number of aliphatic hydroxyl groups excluding tert-OH is 1. The Kier molecular flexibility index (Phi) is 5.28. The molecule has 0 spiro atoms. The molecule has 1 N–H and O–H groups in total. The maximum absolute atomic E-state index is 10.6. The van der Waals surface area contributed by atoms with E-state index in [4.69, 9.17) is 9.47 Å². The topological polar surface area (TPSA) is 41.9 Å². The summed E-state index contributed by atoms with van der Waals surface area (Å²) in [5.41, 5.74) is 2.14. The molecule has 0 bridgehead atoms. The molecule has 2 unspecified atom stereocenters. The van der Waals surface area contributed by atoms with Gasteiger partial charge in [0.05, 0.1) is 13.7 Å². The van der Waals surface area contributed by atoms with Gasteiger partial charge in [-0.3, -0.25) is 4.90 Å². The van der Waals surface area contributed by atoms with Gasteiger partial charge >= 0.3 is 0 Å². The van der Waals surface area contributed by atoms with Gasteiger partial charge in [-0.05, 0) is 23.3 Å². The minimum Gasteiger partial charge on any atom is -0.497 e. The summed E-state index contributed by atoms with van der Waals surface area (Å²) in [4.78, 5) is 2.33. The van der Waals surface area contributed by atoms with Gasteiger partial charge in [-0.25, -0.2) is 0 Å². The molecule has 1 aliphatic heterocycles. The van der Waals surface area contributed by atoms with Crippen molar-refractivity contribution in [1.82, 2.24) is 4.90 Å². The molecule has 0 aromatic heterocycles. The van der Waals surface area contributed by atoms with Crippen LogP contribution in [-0.4, -0.2) is 42.9 Å². The van der Waals surface area contributed by atoms with E-state index in [2.05, 4.69) is 29.2 Å². The average Bonchev–Trinajstić information content (AvgIpc) is 2.62. The van der Waals surface area contributed by atoms with Crippen LogP contribution in [0.3, 0.4) is 0 Å². The predicted molar refractivity (Wildman–Crippen MR) is 89.4 cm³/mol. The van der Waals surface area contributed by atoms with Crippen LogP contribution >= 0.6 is 0 Å². The summed E-state index contributed by atoms with van der Waals surface area (Å²) in [7, 11) is 1.64. The highest BCUT2D eigenvalue weighted by Crippen LogP contribution is 2.24. The number of rotatable bonds is 5. The lowest BCUT2D eigenvalue weighted by molar-refractivity contribution is -0.0918. The van der Waals surface area contributed by atoms with Gasteiger partial charge in [0.2, 0.25) is 0 Å². The highest BCUT2D eigenvalue weighted by Gasteiger charge is 2.27. The summed E-state index contributed by atoms with van der Waals surface area (Å²) in [5, 5.41) is 10.6. The molecule has 1 aliphatic rings. The lowest BCUT2D eigenvalue weighted by Crippen LogP contribution is -2.44. The molecule has 0 amide bonds. The molecule has 0 aliphatic carbocycles. The zero-order valence-corrected chi connectivity index (χ0v) is 13.4. The van der Waals surface area contributed by atoms with Crippen LogP contribution in [-0.2, 0) is 11.3 Å². The average molecular weight is 313 g/mol. The lowest BCUT2D eigenvalue weighted by atomic mass is 10.0. The van der Waals surface area contributed by atoms with Gasteiger partial charge in [-0.1, -0.05) is 42.5 Å². The van der Waals surface area contributed by atoms with Crippen LogP contribution in [0.25, 0.3) is 0 Å². The molecule has 0 radical (unpaired) electrons. The number of hydrogen-bond donors (Lipinski definition) is 1. The van der Waals surface area contributed by atoms with Crippen LogP contribution in [0.5, 0.6) is 5.75 Å². The Labute approximate surface area is 137 Å². The molecule has 2 atom stereocenters. The van der Waals surface area contributed by atoms with Gasteiger partial charge in [-0.2, -0.15) is 0 Å². The monoisotopic (exact) mass is 313 g/mol.